The van der Waals surface area contributed by atoms with Crippen LogP contribution in [0.5, 0.6) is 11.5 Å². The highest BCUT2D eigenvalue weighted by Gasteiger charge is 2.23. The van der Waals surface area contributed by atoms with E-state index in [1.807, 2.05) is 6.92 Å². The SMILES string of the molecule is Cc1nnc2n1CC(NC(=O)c1ccc3c(c1)OCCO3)CC2. The van der Waals surface area contributed by atoms with Gasteiger partial charge < -0.3 is 19.4 Å². The van der Waals surface area contributed by atoms with Gasteiger partial charge in [-0.2, -0.15) is 0 Å². The van der Waals surface area contributed by atoms with E-state index in [-0.39, 0.29) is 11.9 Å². The molecule has 1 amide bonds. The van der Waals surface area contributed by atoms with E-state index >= 15 is 0 Å². The number of amides is 1. The average molecular weight is 314 g/mol. The Morgan fingerprint density at radius 2 is 2.09 bits per heavy atom. The predicted octanol–water partition coefficient (Wildman–Crippen LogP) is 1.10. The predicted molar refractivity (Wildman–Crippen MR) is 81.8 cm³/mol. The van der Waals surface area contributed by atoms with E-state index in [0.717, 1.165) is 24.5 Å². The van der Waals surface area contributed by atoms with E-state index in [9.17, 15) is 4.79 Å². The van der Waals surface area contributed by atoms with Gasteiger partial charge in [0.1, 0.15) is 24.9 Å². The van der Waals surface area contributed by atoms with E-state index in [1.165, 1.54) is 0 Å². The van der Waals surface area contributed by atoms with Crippen LogP contribution in [0.4, 0.5) is 0 Å². The minimum absolute atomic E-state index is 0.0814. The molecule has 1 unspecified atom stereocenters. The molecule has 23 heavy (non-hydrogen) atoms. The highest BCUT2D eigenvalue weighted by Crippen LogP contribution is 2.30. The first-order valence-corrected chi connectivity index (χ1v) is 7.80. The minimum Gasteiger partial charge on any atom is -0.486 e. The van der Waals surface area contributed by atoms with E-state index in [2.05, 4.69) is 20.1 Å². The molecular formula is C16H18N4O3. The van der Waals surface area contributed by atoms with Crippen LogP contribution in [0.3, 0.4) is 0 Å². The molecule has 3 heterocycles. The van der Waals surface area contributed by atoms with Crippen molar-refractivity contribution >= 4 is 5.91 Å². The number of ether oxygens (including phenoxy) is 2. The lowest BCUT2D eigenvalue weighted by Gasteiger charge is -2.25. The van der Waals surface area contributed by atoms with Crippen LogP contribution in [0, 0.1) is 6.92 Å². The summed E-state index contributed by atoms with van der Waals surface area (Å²) in [5.74, 6) is 3.10. The quantitative estimate of drug-likeness (QED) is 0.898. The Morgan fingerprint density at radius 1 is 1.26 bits per heavy atom. The molecule has 0 fully saturated rings. The second-order valence-electron chi connectivity index (χ2n) is 5.84. The number of aryl methyl sites for hydroxylation is 2. The normalized spacial score (nSPS) is 19.1. The zero-order valence-corrected chi connectivity index (χ0v) is 12.9. The third-order valence-electron chi connectivity index (χ3n) is 4.27. The fraction of sp³-hybridized carbons (Fsp3) is 0.438. The number of nitrogens with one attached hydrogen (secondary N) is 1. The Labute approximate surface area is 133 Å². The second-order valence-corrected chi connectivity index (χ2v) is 5.84. The molecule has 7 nitrogen and oxygen atoms in total. The topological polar surface area (TPSA) is 78.3 Å². The Balaban J connectivity index is 1.47. The van der Waals surface area contributed by atoms with Crippen molar-refractivity contribution in [1.29, 1.82) is 0 Å². The van der Waals surface area contributed by atoms with Crippen molar-refractivity contribution in [2.75, 3.05) is 13.2 Å². The monoisotopic (exact) mass is 314 g/mol. The molecular weight excluding hydrogens is 296 g/mol. The molecule has 1 aromatic heterocycles. The molecule has 0 saturated carbocycles. The molecule has 0 radical (unpaired) electrons. The summed E-state index contributed by atoms with van der Waals surface area (Å²) in [6.07, 6.45) is 1.70. The van der Waals surface area contributed by atoms with Crippen molar-refractivity contribution in [1.82, 2.24) is 20.1 Å². The first kappa shape index (κ1) is 14.0. The van der Waals surface area contributed by atoms with Gasteiger partial charge in [0.15, 0.2) is 11.5 Å². The lowest BCUT2D eigenvalue weighted by atomic mass is 10.1. The summed E-state index contributed by atoms with van der Waals surface area (Å²) in [7, 11) is 0. The van der Waals surface area contributed by atoms with Gasteiger partial charge in [-0.1, -0.05) is 0 Å². The highest BCUT2D eigenvalue weighted by atomic mass is 16.6. The van der Waals surface area contributed by atoms with Crippen LogP contribution in [0.2, 0.25) is 0 Å². The number of fused-ring (bicyclic) bond motifs is 2. The van der Waals surface area contributed by atoms with Gasteiger partial charge in [0, 0.05) is 24.6 Å². The van der Waals surface area contributed by atoms with Crippen LogP contribution in [0.15, 0.2) is 18.2 Å². The summed E-state index contributed by atoms with van der Waals surface area (Å²) in [6, 6.07) is 5.37. The van der Waals surface area contributed by atoms with Gasteiger partial charge in [-0.3, -0.25) is 4.79 Å². The van der Waals surface area contributed by atoms with E-state index < -0.39 is 0 Å². The maximum absolute atomic E-state index is 12.5. The molecule has 2 aliphatic rings. The van der Waals surface area contributed by atoms with Gasteiger partial charge in [0.05, 0.1) is 0 Å². The number of benzene rings is 1. The van der Waals surface area contributed by atoms with Gasteiger partial charge in [0.25, 0.3) is 5.91 Å². The van der Waals surface area contributed by atoms with Gasteiger partial charge in [-0.25, -0.2) is 0 Å². The third kappa shape index (κ3) is 2.62. The molecule has 0 aliphatic carbocycles. The average Bonchev–Trinajstić information content (AvgIpc) is 2.95. The highest BCUT2D eigenvalue weighted by molar-refractivity contribution is 5.95. The van der Waals surface area contributed by atoms with Crippen molar-refractivity contribution in [3.05, 3.63) is 35.4 Å². The largest absolute Gasteiger partial charge is 0.486 e. The molecule has 120 valence electrons. The summed E-state index contributed by atoms with van der Waals surface area (Å²) in [5.41, 5.74) is 0.584. The molecule has 4 rings (SSSR count). The van der Waals surface area contributed by atoms with Crippen LogP contribution in [-0.2, 0) is 13.0 Å². The first-order valence-electron chi connectivity index (χ1n) is 7.80. The van der Waals surface area contributed by atoms with Gasteiger partial charge in [0.2, 0.25) is 0 Å². The van der Waals surface area contributed by atoms with Crippen LogP contribution in [0.1, 0.15) is 28.4 Å². The Morgan fingerprint density at radius 3 is 2.96 bits per heavy atom. The van der Waals surface area contributed by atoms with Gasteiger partial charge in [-0.15, -0.1) is 10.2 Å². The van der Waals surface area contributed by atoms with Crippen molar-refractivity contribution in [2.45, 2.75) is 32.4 Å². The van der Waals surface area contributed by atoms with Gasteiger partial charge in [-0.05, 0) is 31.5 Å². The van der Waals surface area contributed by atoms with E-state index in [4.69, 9.17) is 9.47 Å². The molecule has 0 spiro atoms. The van der Waals surface area contributed by atoms with Crippen molar-refractivity contribution in [3.63, 3.8) is 0 Å². The van der Waals surface area contributed by atoms with Crippen molar-refractivity contribution in [3.8, 4) is 11.5 Å². The summed E-state index contributed by atoms with van der Waals surface area (Å²) < 4.78 is 13.1. The number of aromatic nitrogens is 3. The van der Waals surface area contributed by atoms with Crippen molar-refractivity contribution in [2.24, 2.45) is 0 Å². The zero-order chi connectivity index (χ0) is 15.8. The fourth-order valence-corrected chi connectivity index (χ4v) is 3.03. The van der Waals surface area contributed by atoms with Crippen LogP contribution in [-0.4, -0.2) is 39.9 Å². The third-order valence-corrected chi connectivity index (χ3v) is 4.27. The van der Waals surface area contributed by atoms with E-state index in [1.54, 1.807) is 18.2 Å². The van der Waals surface area contributed by atoms with Gasteiger partial charge >= 0.3 is 0 Å². The van der Waals surface area contributed by atoms with Crippen molar-refractivity contribution < 1.29 is 14.3 Å². The molecule has 1 aromatic carbocycles. The molecule has 2 aromatic rings. The Bertz CT molecular complexity index is 756. The summed E-state index contributed by atoms with van der Waals surface area (Å²) in [5, 5.41) is 11.3. The summed E-state index contributed by atoms with van der Waals surface area (Å²) in [6.45, 7) is 3.70. The zero-order valence-electron chi connectivity index (χ0n) is 12.9. The Hall–Kier alpha value is -2.57. The maximum Gasteiger partial charge on any atom is 0.251 e. The maximum atomic E-state index is 12.5. The van der Waals surface area contributed by atoms with E-state index in [0.29, 0.717) is 36.8 Å². The summed E-state index contributed by atoms with van der Waals surface area (Å²) >= 11 is 0. The van der Waals surface area contributed by atoms with Crippen LogP contribution >= 0.6 is 0 Å². The standard InChI is InChI=1S/C16H18N4O3/c1-10-18-19-15-5-3-12(9-20(10)15)17-16(21)11-2-4-13-14(8-11)23-7-6-22-13/h2,4,8,12H,3,5-7,9H2,1H3,(H,17,21). The number of rotatable bonds is 2. The number of hydrogen-bond donors (Lipinski definition) is 1. The van der Waals surface area contributed by atoms with Crippen LogP contribution in [0.25, 0.3) is 0 Å². The lowest BCUT2D eigenvalue weighted by molar-refractivity contribution is 0.0926. The Kier molecular flexibility index (Phi) is 3.40. The number of hydrogen-bond acceptors (Lipinski definition) is 5. The smallest absolute Gasteiger partial charge is 0.251 e. The first-order chi connectivity index (χ1) is 11.2. The molecule has 1 N–H and O–H groups in total. The lowest BCUT2D eigenvalue weighted by Crippen LogP contribution is -2.41. The second kappa shape index (κ2) is 5.57. The molecule has 7 heteroatoms. The molecule has 1 atom stereocenters. The number of nitrogens with zero attached hydrogens (tertiary/aromatic N) is 3. The number of carbonyl (C=O) groups is 1. The minimum atomic E-state index is -0.0962. The van der Waals surface area contributed by atoms with Crippen LogP contribution < -0.4 is 14.8 Å². The molecule has 0 saturated heterocycles. The molecule has 2 aliphatic heterocycles. The number of carbonyl (C=O) groups excluding carboxylic acids is 1. The summed E-state index contributed by atoms with van der Waals surface area (Å²) in [4.78, 5) is 12.5. The fourth-order valence-electron chi connectivity index (χ4n) is 3.03. The molecule has 0 bridgehead atoms.